The average Bonchev–Trinajstić information content (AvgIpc) is 2.48. The van der Waals surface area contributed by atoms with Gasteiger partial charge in [0.25, 0.3) is 0 Å². The third-order valence-corrected chi connectivity index (χ3v) is 1.36. The molecule has 1 heterocycles. The fraction of sp³-hybridized carbons (Fsp3) is 0.500. The summed E-state index contributed by atoms with van der Waals surface area (Å²) in [5.41, 5.74) is 0.105. The van der Waals surface area contributed by atoms with Crippen LogP contribution in [-0.2, 0) is 9.78 Å². The normalized spacial score (nSPS) is 15.2. The zero-order chi connectivity index (χ0) is 7.61. The molecular weight excluding hydrogens is 128 g/mol. The zero-order valence-corrected chi connectivity index (χ0v) is 6.39. The lowest BCUT2D eigenvalue weighted by atomic mass is 9.90. The Balaban J connectivity index is 2.48. The first kappa shape index (κ1) is 7.19. The van der Waals surface area contributed by atoms with Gasteiger partial charge >= 0.3 is 5.95 Å². The number of rotatable bonds is 3. The summed E-state index contributed by atoms with van der Waals surface area (Å²) in [6.07, 6.45) is 4.78. The molecule has 1 rings (SSSR count). The van der Waals surface area contributed by atoms with E-state index in [9.17, 15) is 0 Å². The fourth-order valence-corrected chi connectivity index (χ4v) is 0.822. The highest BCUT2D eigenvalue weighted by molar-refractivity contribution is 5.01. The second kappa shape index (κ2) is 2.37. The maximum Gasteiger partial charge on any atom is 0.375 e. The Morgan fingerprint density at radius 1 is 1.50 bits per heavy atom. The van der Waals surface area contributed by atoms with Crippen molar-refractivity contribution in [1.82, 2.24) is 0 Å². The van der Waals surface area contributed by atoms with E-state index in [0.29, 0.717) is 5.95 Å². The molecule has 0 aliphatic carbocycles. The molecule has 0 bridgehead atoms. The summed E-state index contributed by atoms with van der Waals surface area (Å²) >= 11 is 0. The molecule has 0 radical (unpaired) electrons. The minimum absolute atomic E-state index is 0.105. The largest absolute Gasteiger partial charge is 0.375 e. The van der Waals surface area contributed by atoms with Crippen LogP contribution in [0.5, 0.6) is 0 Å². The maximum atomic E-state index is 4.52. The van der Waals surface area contributed by atoms with Gasteiger partial charge < -0.3 is 0 Å². The second-order valence-corrected chi connectivity index (χ2v) is 3.11. The van der Waals surface area contributed by atoms with E-state index in [4.69, 9.17) is 0 Å². The Hall–Kier alpha value is -0.920. The molecule has 0 aromatic carbocycles. The lowest BCUT2D eigenvalue weighted by Crippen LogP contribution is -2.04. The summed E-state index contributed by atoms with van der Waals surface area (Å²) in [4.78, 5) is 9.03. The number of hydrogen-bond donors (Lipinski definition) is 0. The quantitative estimate of drug-likeness (QED) is 0.341. The van der Waals surface area contributed by atoms with Crippen LogP contribution in [0.4, 0.5) is 0 Å². The molecular formula is C8H12O2. The fourth-order valence-electron chi connectivity index (χ4n) is 0.822. The van der Waals surface area contributed by atoms with E-state index in [1.54, 1.807) is 0 Å². The first-order valence-electron chi connectivity index (χ1n) is 3.32. The molecule has 0 unspecified atom stereocenters. The Labute approximate surface area is 61.1 Å². The summed E-state index contributed by atoms with van der Waals surface area (Å²) in [5.74, 6) is 0.631. The van der Waals surface area contributed by atoms with Gasteiger partial charge in [0.1, 0.15) is 0 Å². The highest BCUT2D eigenvalue weighted by Crippen LogP contribution is 2.29. The highest BCUT2D eigenvalue weighted by atomic mass is 17.4. The van der Waals surface area contributed by atoms with Crippen molar-refractivity contribution in [2.24, 2.45) is 5.41 Å². The van der Waals surface area contributed by atoms with E-state index in [0.717, 1.165) is 6.42 Å². The molecule has 1 aliphatic rings. The first-order valence-corrected chi connectivity index (χ1v) is 3.32. The van der Waals surface area contributed by atoms with E-state index in [1.807, 2.05) is 12.2 Å². The van der Waals surface area contributed by atoms with Crippen LogP contribution in [0.15, 0.2) is 24.7 Å². The minimum atomic E-state index is 0.105. The molecule has 1 aliphatic heterocycles. The molecule has 2 heteroatoms. The summed E-state index contributed by atoms with van der Waals surface area (Å²) in [5, 5.41) is 0. The average molecular weight is 140 g/mol. The van der Waals surface area contributed by atoms with Gasteiger partial charge in [-0.05, 0) is 11.8 Å². The van der Waals surface area contributed by atoms with Crippen molar-refractivity contribution < 1.29 is 9.78 Å². The van der Waals surface area contributed by atoms with Gasteiger partial charge in [0, 0.05) is 6.08 Å². The van der Waals surface area contributed by atoms with Crippen LogP contribution in [0.25, 0.3) is 0 Å². The van der Waals surface area contributed by atoms with Gasteiger partial charge in [-0.1, -0.05) is 19.9 Å². The van der Waals surface area contributed by atoms with Crippen LogP contribution < -0.4 is 0 Å². The molecule has 10 heavy (non-hydrogen) atoms. The first-order chi connectivity index (χ1) is 4.64. The van der Waals surface area contributed by atoms with Gasteiger partial charge in [0.15, 0.2) is 0 Å². The van der Waals surface area contributed by atoms with E-state index < -0.39 is 0 Å². The van der Waals surface area contributed by atoms with Gasteiger partial charge in [-0.25, -0.2) is 9.78 Å². The van der Waals surface area contributed by atoms with Gasteiger partial charge in [0.2, 0.25) is 0 Å². The van der Waals surface area contributed by atoms with Gasteiger partial charge in [-0.15, -0.1) is 6.58 Å². The SMILES string of the molecule is C=CCC(C)(C)C=C1OO1. The monoisotopic (exact) mass is 140 g/mol. The van der Waals surface area contributed by atoms with Crippen molar-refractivity contribution in [2.45, 2.75) is 20.3 Å². The summed E-state index contributed by atoms with van der Waals surface area (Å²) in [6, 6.07) is 0. The maximum absolute atomic E-state index is 4.52. The molecule has 2 nitrogen and oxygen atoms in total. The van der Waals surface area contributed by atoms with Crippen LogP contribution in [0, 0.1) is 5.41 Å². The smallest absolute Gasteiger partial charge is 0.243 e. The Morgan fingerprint density at radius 2 is 2.10 bits per heavy atom. The molecule has 0 N–H and O–H groups in total. The van der Waals surface area contributed by atoms with Crippen molar-refractivity contribution >= 4 is 0 Å². The third kappa shape index (κ3) is 2.13. The lowest BCUT2D eigenvalue weighted by Gasteiger charge is -2.14. The zero-order valence-electron chi connectivity index (χ0n) is 6.39. The topological polar surface area (TPSA) is 25.1 Å². The van der Waals surface area contributed by atoms with Gasteiger partial charge in [-0.3, -0.25) is 0 Å². The molecule has 1 fully saturated rings. The highest BCUT2D eigenvalue weighted by Gasteiger charge is 2.24. The van der Waals surface area contributed by atoms with Crippen molar-refractivity contribution in [1.29, 1.82) is 0 Å². The lowest BCUT2D eigenvalue weighted by molar-refractivity contribution is 0.0850. The van der Waals surface area contributed by atoms with Crippen LogP contribution in [0.2, 0.25) is 0 Å². The molecule has 0 atom stereocenters. The van der Waals surface area contributed by atoms with Crippen LogP contribution in [0.1, 0.15) is 20.3 Å². The van der Waals surface area contributed by atoms with E-state index >= 15 is 0 Å². The molecule has 0 aromatic heterocycles. The predicted octanol–water partition coefficient (Wildman–Crippen LogP) is 2.39. The molecule has 1 saturated heterocycles. The minimum Gasteiger partial charge on any atom is -0.243 e. The van der Waals surface area contributed by atoms with Crippen molar-refractivity contribution in [3.63, 3.8) is 0 Å². The molecule has 0 saturated carbocycles. The van der Waals surface area contributed by atoms with Crippen molar-refractivity contribution in [3.8, 4) is 0 Å². The van der Waals surface area contributed by atoms with Crippen LogP contribution in [0.3, 0.4) is 0 Å². The molecule has 0 spiro atoms. The van der Waals surface area contributed by atoms with Crippen LogP contribution >= 0.6 is 0 Å². The Morgan fingerprint density at radius 3 is 2.50 bits per heavy atom. The van der Waals surface area contributed by atoms with E-state index in [1.165, 1.54) is 0 Å². The van der Waals surface area contributed by atoms with E-state index in [-0.39, 0.29) is 5.41 Å². The van der Waals surface area contributed by atoms with Crippen molar-refractivity contribution in [2.75, 3.05) is 0 Å². The summed E-state index contributed by atoms with van der Waals surface area (Å²) in [6.45, 7) is 7.87. The molecule has 56 valence electrons. The summed E-state index contributed by atoms with van der Waals surface area (Å²) < 4.78 is 0. The predicted molar refractivity (Wildman–Crippen MR) is 38.8 cm³/mol. The van der Waals surface area contributed by atoms with Gasteiger partial charge in [-0.2, -0.15) is 0 Å². The number of allylic oxidation sites excluding steroid dienone is 2. The number of hydrogen-bond acceptors (Lipinski definition) is 2. The molecule has 0 amide bonds. The second-order valence-electron chi connectivity index (χ2n) is 3.11. The van der Waals surface area contributed by atoms with Crippen molar-refractivity contribution in [3.05, 3.63) is 24.7 Å². The van der Waals surface area contributed by atoms with Crippen LogP contribution in [-0.4, -0.2) is 0 Å². The van der Waals surface area contributed by atoms with E-state index in [2.05, 4.69) is 30.2 Å². The Kier molecular flexibility index (Phi) is 1.70. The standard InChI is InChI=1S/C8H12O2/c1-4-5-8(2,3)6-7-9-10-7/h4,6H,1,5H2,2-3H3. The Bertz CT molecular complexity index is 162. The third-order valence-electron chi connectivity index (χ3n) is 1.36. The molecule has 0 aromatic rings. The summed E-state index contributed by atoms with van der Waals surface area (Å²) in [7, 11) is 0. The van der Waals surface area contributed by atoms with Gasteiger partial charge in [0.05, 0.1) is 0 Å².